The van der Waals surface area contributed by atoms with Crippen LogP contribution in [0.25, 0.3) is 5.65 Å². The maximum absolute atomic E-state index is 4.42. The van der Waals surface area contributed by atoms with Gasteiger partial charge in [0, 0.05) is 38.2 Å². The summed E-state index contributed by atoms with van der Waals surface area (Å²) in [6.45, 7) is 6.24. The number of hydrogen-bond acceptors (Lipinski definition) is 5. The van der Waals surface area contributed by atoms with E-state index in [9.17, 15) is 0 Å². The molecule has 1 atom stereocenters. The summed E-state index contributed by atoms with van der Waals surface area (Å²) in [6, 6.07) is 4.12. The van der Waals surface area contributed by atoms with Crippen molar-refractivity contribution in [3.63, 3.8) is 0 Å². The van der Waals surface area contributed by atoms with Crippen LogP contribution in [0.15, 0.2) is 43.1 Å². The van der Waals surface area contributed by atoms with Gasteiger partial charge in [-0.2, -0.15) is 0 Å². The van der Waals surface area contributed by atoms with Crippen molar-refractivity contribution >= 4 is 11.5 Å². The van der Waals surface area contributed by atoms with Crippen molar-refractivity contribution in [2.75, 3.05) is 25.0 Å². The Balaban J connectivity index is 1.33. The number of nitrogens with zero attached hydrogens (tertiary/aromatic N) is 5. The highest BCUT2D eigenvalue weighted by Crippen LogP contribution is 2.19. The van der Waals surface area contributed by atoms with Gasteiger partial charge in [-0.3, -0.25) is 14.3 Å². The van der Waals surface area contributed by atoms with Gasteiger partial charge in [0.05, 0.1) is 18.1 Å². The van der Waals surface area contributed by atoms with E-state index in [1.54, 1.807) is 6.20 Å². The Morgan fingerprint density at radius 2 is 2.21 bits per heavy atom. The summed E-state index contributed by atoms with van der Waals surface area (Å²) in [5.41, 5.74) is 3.37. The van der Waals surface area contributed by atoms with Crippen molar-refractivity contribution < 1.29 is 0 Å². The van der Waals surface area contributed by atoms with Crippen LogP contribution in [0.5, 0.6) is 0 Å². The first-order valence-corrected chi connectivity index (χ1v) is 8.43. The van der Waals surface area contributed by atoms with Crippen LogP contribution in [0.2, 0.25) is 0 Å². The van der Waals surface area contributed by atoms with Crippen molar-refractivity contribution in [2.45, 2.75) is 19.9 Å². The van der Waals surface area contributed by atoms with E-state index in [4.69, 9.17) is 0 Å². The quantitative estimate of drug-likeness (QED) is 0.781. The van der Waals surface area contributed by atoms with E-state index in [1.807, 2.05) is 30.9 Å². The summed E-state index contributed by atoms with van der Waals surface area (Å²) in [6.07, 6.45) is 10.6. The minimum atomic E-state index is 0.660. The molecule has 1 saturated heterocycles. The molecule has 1 aliphatic heterocycles. The number of fused-ring (bicyclic) bond motifs is 1. The molecule has 1 N–H and O–H groups in total. The van der Waals surface area contributed by atoms with E-state index in [0.717, 1.165) is 37.6 Å². The molecule has 0 spiro atoms. The molecule has 0 bridgehead atoms. The van der Waals surface area contributed by atoms with Crippen LogP contribution in [0.3, 0.4) is 0 Å². The van der Waals surface area contributed by atoms with Gasteiger partial charge >= 0.3 is 0 Å². The lowest BCUT2D eigenvalue weighted by Gasteiger charge is -2.16. The molecule has 0 amide bonds. The Bertz CT molecular complexity index is 827. The SMILES string of the molecule is Cc1ccnc(NCC2CCN(Cc3cnc4cnccn34)C2)c1. The van der Waals surface area contributed by atoms with E-state index in [2.05, 4.69) is 42.6 Å². The van der Waals surface area contributed by atoms with Crippen molar-refractivity contribution in [1.82, 2.24) is 24.3 Å². The highest BCUT2D eigenvalue weighted by atomic mass is 15.2. The Hall–Kier alpha value is -2.47. The van der Waals surface area contributed by atoms with Gasteiger partial charge in [-0.05, 0) is 43.5 Å². The molecular formula is C18H22N6. The maximum atomic E-state index is 4.42. The smallest absolute Gasteiger partial charge is 0.155 e. The first-order valence-electron chi connectivity index (χ1n) is 8.43. The lowest BCUT2D eigenvalue weighted by molar-refractivity contribution is 0.314. The van der Waals surface area contributed by atoms with Crippen LogP contribution < -0.4 is 5.32 Å². The van der Waals surface area contributed by atoms with Crippen LogP contribution in [0.4, 0.5) is 5.82 Å². The van der Waals surface area contributed by atoms with E-state index in [1.165, 1.54) is 17.7 Å². The second kappa shape index (κ2) is 6.57. The fraction of sp³-hybridized carbons (Fsp3) is 0.389. The Labute approximate surface area is 141 Å². The van der Waals surface area contributed by atoms with Gasteiger partial charge in [0.1, 0.15) is 5.82 Å². The summed E-state index contributed by atoms with van der Waals surface area (Å²) in [5.74, 6) is 1.64. The molecule has 0 saturated carbocycles. The second-order valence-electron chi connectivity index (χ2n) is 6.54. The zero-order chi connectivity index (χ0) is 16.4. The summed E-state index contributed by atoms with van der Waals surface area (Å²) in [5, 5.41) is 3.47. The lowest BCUT2D eigenvalue weighted by atomic mass is 10.1. The molecule has 4 rings (SSSR count). The predicted octanol–water partition coefficient (Wildman–Crippen LogP) is 2.37. The normalized spacial score (nSPS) is 18.3. The predicted molar refractivity (Wildman–Crippen MR) is 93.8 cm³/mol. The van der Waals surface area contributed by atoms with Crippen molar-refractivity contribution in [2.24, 2.45) is 5.92 Å². The van der Waals surface area contributed by atoms with E-state index in [0.29, 0.717) is 5.92 Å². The monoisotopic (exact) mass is 322 g/mol. The number of pyridine rings is 1. The zero-order valence-corrected chi connectivity index (χ0v) is 13.9. The van der Waals surface area contributed by atoms with Gasteiger partial charge in [-0.1, -0.05) is 0 Å². The molecular weight excluding hydrogens is 300 g/mol. The molecule has 6 nitrogen and oxygen atoms in total. The first-order chi connectivity index (χ1) is 11.8. The molecule has 6 heteroatoms. The highest BCUT2D eigenvalue weighted by Gasteiger charge is 2.23. The van der Waals surface area contributed by atoms with Crippen molar-refractivity contribution in [1.29, 1.82) is 0 Å². The Morgan fingerprint density at radius 1 is 1.25 bits per heavy atom. The zero-order valence-electron chi connectivity index (χ0n) is 13.9. The molecule has 1 fully saturated rings. The fourth-order valence-electron chi connectivity index (χ4n) is 3.35. The third kappa shape index (κ3) is 3.23. The molecule has 1 unspecified atom stereocenters. The number of aryl methyl sites for hydroxylation is 1. The van der Waals surface area contributed by atoms with Crippen LogP contribution in [0, 0.1) is 12.8 Å². The number of nitrogens with one attached hydrogen (secondary N) is 1. The number of rotatable bonds is 5. The average molecular weight is 322 g/mol. The van der Waals surface area contributed by atoms with Crippen molar-refractivity contribution in [3.8, 4) is 0 Å². The van der Waals surface area contributed by atoms with E-state index in [-0.39, 0.29) is 0 Å². The highest BCUT2D eigenvalue weighted by molar-refractivity contribution is 5.37. The van der Waals surface area contributed by atoms with E-state index < -0.39 is 0 Å². The number of anilines is 1. The summed E-state index contributed by atoms with van der Waals surface area (Å²) < 4.78 is 2.12. The first kappa shape index (κ1) is 15.1. The molecule has 3 aromatic heterocycles. The largest absolute Gasteiger partial charge is 0.370 e. The maximum Gasteiger partial charge on any atom is 0.155 e. The molecule has 4 heterocycles. The Kier molecular flexibility index (Phi) is 4.13. The van der Waals surface area contributed by atoms with Gasteiger partial charge in [0.25, 0.3) is 0 Å². The molecule has 0 radical (unpaired) electrons. The van der Waals surface area contributed by atoms with E-state index >= 15 is 0 Å². The standard InChI is InChI=1S/C18H22N6/c1-14-2-4-20-17(8-14)21-9-15-3-6-23(12-15)13-16-10-22-18-11-19-5-7-24(16)18/h2,4-5,7-8,10-11,15H,3,6,9,12-13H2,1H3,(H,20,21). The molecule has 3 aromatic rings. The third-order valence-electron chi connectivity index (χ3n) is 4.64. The average Bonchev–Trinajstić information content (AvgIpc) is 3.21. The number of imidazole rings is 1. The number of aromatic nitrogens is 4. The van der Waals surface area contributed by atoms with Crippen LogP contribution in [0.1, 0.15) is 17.7 Å². The van der Waals surface area contributed by atoms with Crippen molar-refractivity contribution in [3.05, 3.63) is 54.4 Å². The summed E-state index contributed by atoms with van der Waals surface area (Å²) >= 11 is 0. The number of hydrogen-bond donors (Lipinski definition) is 1. The lowest BCUT2D eigenvalue weighted by Crippen LogP contribution is -2.23. The van der Waals surface area contributed by atoms with Gasteiger partial charge in [-0.15, -0.1) is 0 Å². The molecule has 24 heavy (non-hydrogen) atoms. The summed E-state index contributed by atoms with van der Waals surface area (Å²) in [4.78, 5) is 15.4. The van der Waals surface area contributed by atoms with Crippen LogP contribution in [-0.4, -0.2) is 43.9 Å². The van der Waals surface area contributed by atoms with Gasteiger partial charge in [0.2, 0.25) is 0 Å². The molecule has 124 valence electrons. The van der Waals surface area contributed by atoms with Gasteiger partial charge in [-0.25, -0.2) is 9.97 Å². The van der Waals surface area contributed by atoms with Gasteiger partial charge < -0.3 is 5.32 Å². The minimum Gasteiger partial charge on any atom is -0.370 e. The fourth-order valence-corrected chi connectivity index (χ4v) is 3.35. The number of likely N-dealkylation sites (tertiary alicyclic amines) is 1. The minimum absolute atomic E-state index is 0.660. The molecule has 0 aliphatic carbocycles. The second-order valence-corrected chi connectivity index (χ2v) is 6.54. The van der Waals surface area contributed by atoms with Gasteiger partial charge in [0.15, 0.2) is 5.65 Å². The Morgan fingerprint density at radius 3 is 3.12 bits per heavy atom. The molecule has 0 aromatic carbocycles. The molecule has 1 aliphatic rings. The van der Waals surface area contributed by atoms with Crippen LogP contribution >= 0.6 is 0 Å². The summed E-state index contributed by atoms with van der Waals surface area (Å²) in [7, 11) is 0. The van der Waals surface area contributed by atoms with Crippen LogP contribution in [-0.2, 0) is 6.54 Å². The third-order valence-corrected chi connectivity index (χ3v) is 4.64. The topological polar surface area (TPSA) is 58.4 Å².